The summed E-state index contributed by atoms with van der Waals surface area (Å²) in [5.41, 5.74) is 0. The average molecular weight is 272 g/mol. The van der Waals surface area contributed by atoms with Gasteiger partial charge in [0, 0.05) is 7.05 Å². The van der Waals surface area contributed by atoms with Crippen LogP contribution in [0.25, 0.3) is 0 Å². The van der Waals surface area contributed by atoms with Crippen LogP contribution in [0.2, 0.25) is 0 Å². The molecule has 0 saturated heterocycles. The van der Waals surface area contributed by atoms with E-state index in [1.54, 1.807) is 7.05 Å². The van der Waals surface area contributed by atoms with Gasteiger partial charge in [-0.25, -0.2) is 4.79 Å². The Balaban J connectivity index is 3.64. The molecule has 0 aromatic carbocycles. The van der Waals surface area contributed by atoms with Crippen molar-refractivity contribution in [2.24, 2.45) is 0 Å². The van der Waals surface area contributed by atoms with Gasteiger partial charge in [0.25, 0.3) is 0 Å². The van der Waals surface area contributed by atoms with E-state index in [0.717, 1.165) is 0 Å². The quantitative estimate of drug-likeness (QED) is 0.460. The van der Waals surface area contributed by atoms with Crippen LogP contribution >= 0.6 is 0 Å². The molecule has 2 amide bonds. The Kier molecular flexibility index (Phi) is 9.90. The first-order chi connectivity index (χ1) is 8.97. The highest BCUT2D eigenvalue weighted by atomic mass is 16.5. The largest absolute Gasteiger partial charge is 0.389 e. The van der Waals surface area contributed by atoms with E-state index in [2.05, 4.69) is 11.2 Å². The second kappa shape index (κ2) is 10.6. The summed E-state index contributed by atoms with van der Waals surface area (Å²) in [6, 6.07) is -0.319. The van der Waals surface area contributed by atoms with Crippen LogP contribution in [-0.4, -0.2) is 68.2 Å². The molecule has 0 unspecified atom stereocenters. The van der Waals surface area contributed by atoms with Crippen LogP contribution in [0.1, 0.15) is 13.8 Å². The summed E-state index contributed by atoms with van der Waals surface area (Å²) < 4.78 is 10.5. The Morgan fingerprint density at radius 2 is 2.16 bits per heavy atom. The van der Waals surface area contributed by atoms with Gasteiger partial charge in [-0.05, 0) is 13.8 Å². The summed E-state index contributed by atoms with van der Waals surface area (Å²) in [5.74, 6) is 2.30. The average Bonchev–Trinajstić information content (AvgIpc) is 2.34. The first-order valence-electron chi connectivity index (χ1n) is 6.27. The SMILES string of the molecule is C#CCNC(=O)N(C)C[C@H](O)COCCOC(C)C. The van der Waals surface area contributed by atoms with Crippen molar-refractivity contribution in [3.8, 4) is 12.3 Å². The number of carbonyl (C=O) groups is 1. The summed E-state index contributed by atoms with van der Waals surface area (Å²) >= 11 is 0. The van der Waals surface area contributed by atoms with Gasteiger partial charge in [-0.1, -0.05) is 5.92 Å². The summed E-state index contributed by atoms with van der Waals surface area (Å²) in [6.07, 6.45) is 4.46. The van der Waals surface area contributed by atoms with Gasteiger partial charge in [0.05, 0.1) is 45.1 Å². The fourth-order valence-electron chi connectivity index (χ4n) is 1.28. The van der Waals surface area contributed by atoms with Gasteiger partial charge in [-0.15, -0.1) is 6.42 Å². The van der Waals surface area contributed by atoms with Crippen LogP contribution in [-0.2, 0) is 9.47 Å². The molecular weight excluding hydrogens is 248 g/mol. The Morgan fingerprint density at radius 1 is 1.47 bits per heavy atom. The minimum absolute atomic E-state index is 0.161. The number of rotatable bonds is 9. The second-order valence-electron chi connectivity index (χ2n) is 4.39. The molecule has 19 heavy (non-hydrogen) atoms. The van der Waals surface area contributed by atoms with Gasteiger partial charge < -0.3 is 24.8 Å². The van der Waals surface area contributed by atoms with Crippen LogP contribution < -0.4 is 5.32 Å². The van der Waals surface area contributed by atoms with Crippen molar-refractivity contribution in [1.82, 2.24) is 10.2 Å². The zero-order valence-corrected chi connectivity index (χ0v) is 11.9. The lowest BCUT2D eigenvalue weighted by Gasteiger charge is -2.20. The van der Waals surface area contributed by atoms with Gasteiger partial charge >= 0.3 is 6.03 Å². The lowest BCUT2D eigenvalue weighted by molar-refractivity contribution is -0.0147. The van der Waals surface area contributed by atoms with Crippen LogP contribution in [0.5, 0.6) is 0 Å². The normalized spacial score (nSPS) is 12.0. The van der Waals surface area contributed by atoms with Gasteiger partial charge in [-0.3, -0.25) is 0 Å². The van der Waals surface area contributed by atoms with Crippen LogP contribution in [0.3, 0.4) is 0 Å². The Bertz CT molecular complexity index is 289. The summed E-state index contributed by atoms with van der Waals surface area (Å²) in [7, 11) is 1.58. The molecule has 6 heteroatoms. The molecule has 0 spiro atoms. The maximum atomic E-state index is 11.4. The number of ether oxygens (including phenoxy) is 2. The minimum Gasteiger partial charge on any atom is -0.389 e. The zero-order chi connectivity index (χ0) is 14.7. The first-order valence-corrected chi connectivity index (χ1v) is 6.27. The molecule has 0 fully saturated rings. The molecule has 0 aliphatic rings. The third-order valence-electron chi connectivity index (χ3n) is 2.16. The van der Waals surface area contributed by atoms with Crippen molar-refractivity contribution in [1.29, 1.82) is 0 Å². The number of hydrogen-bond donors (Lipinski definition) is 2. The molecule has 0 aliphatic heterocycles. The van der Waals surface area contributed by atoms with Crippen LogP contribution in [0.4, 0.5) is 4.79 Å². The van der Waals surface area contributed by atoms with Crippen LogP contribution in [0.15, 0.2) is 0 Å². The van der Waals surface area contributed by atoms with Crippen LogP contribution in [0, 0.1) is 12.3 Å². The molecule has 0 bridgehead atoms. The molecule has 0 saturated carbocycles. The third kappa shape index (κ3) is 10.3. The van der Waals surface area contributed by atoms with Crippen molar-refractivity contribution in [2.45, 2.75) is 26.1 Å². The fourth-order valence-corrected chi connectivity index (χ4v) is 1.28. The maximum absolute atomic E-state index is 11.4. The minimum atomic E-state index is -0.736. The standard InChI is InChI=1S/C13H24N2O4/c1-5-6-14-13(17)15(4)9-12(16)10-18-7-8-19-11(2)3/h1,11-12,16H,6-10H2,2-4H3,(H,14,17)/t12-/m0/s1. The Morgan fingerprint density at radius 3 is 2.74 bits per heavy atom. The van der Waals surface area contributed by atoms with Gasteiger partial charge in [0.2, 0.25) is 0 Å². The topological polar surface area (TPSA) is 71.0 Å². The molecule has 0 rings (SSSR count). The van der Waals surface area contributed by atoms with E-state index in [9.17, 15) is 9.90 Å². The van der Waals surface area contributed by atoms with Crippen molar-refractivity contribution in [2.75, 3.05) is 40.0 Å². The molecule has 6 nitrogen and oxygen atoms in total. The maximum Gasteiger partial charge on any atom is 0.317 e. The first kappa shape index (κ1) is 17.7. The number of nitrogens with zero attached hydrogens (tertiary/aromatic N) is 1. The zero-order valence-electron chi connectivity index (χ0n) is 11.9. The number of aliphatic hydroxyl groups is 1. The van der Waals surface area contributed by atoms with E-state index in [1.807, 2.05) is 13.8 Å². The molecule has 0 aliphatic carbocycles. The van der Waals surface area contributed by atoms with Gasteiger partial charge in [-0.2, -0.15) is 0 Å². The lowest BCUT2D eigenvalue weighted by Crippen LogP contribution is -2.42. The third-order valence-corrected chi connectivity index (χ3v) is 2.16. The lowest BCUT2D eigenvalue weighted by atomic mass is 10.3. The van der Waals surface area contributed by atoms with E-state index in [0.29, 0.717) is 13.2 Å². The van der Waals surface area contributed by atoms with Gasteiger partial charge in [0.15, 0.2) is 0 Å². The number of aliphatic hydroxyl groups excluding tert-OH is 1. The number of urea groups is 1. The van der Waals surface area contributed by atoms with E-state index in [1.165, 1.54) is 4.90 Å². The number of likely N-dealkylation sites (N-methyl/N-ethyl adjacent to an activating group) is 1. The van der Waals surface area contributed by atoms with E-state index >= 15 is 0 Å². The number of hydrogen-bond acceptors (Lipinski definition) is 4. The highest BCUT2D eigenvalue weighted by Gasteiger charge is 2.13. The van der Waals surface area contributed by atoms with E-state index < -0.39 is 6.10 Å². The molecule has 110 valence electrons. The molecule has 0 heterocycles. The fraction of sp³-hybridized carbons (Fsp3) is 0.769. The number of carbonyl (C=O) groups excluding carboxylic acids is 1. The molecule has 0 aromatic heterocycles. The number of nitrogens with one attached hydrogen (secondary N) is 1. The van der Waals surface area contributed by atoms with E-state index in [-0.39, 0.29) is 31.8 Å². The summed E-state index contributed by atoms with van der Waals surface area (Å²) in [6.45, 7) is 5.31. The Hall–Kier alpha value is -1.29. The monoisotopic (exact) mass is 272 g/mol. The Labute approximate surface area is 115 Å². The predicted octanol–water partition coefficient (Wildman–Crippen LogP) is 0.0635. The highest BCUT2D eigenvalue weighted by molar-refractivity contribution is 5.74. The number of terminal acetylenes is 1. The predicted molar refractivity (Wildman–Crippen MR) is 72.8 cm³/mol. The van der Waals surface area contributed by atoms with Gasteiger partial charge in [0.1, 0.15) is 0 Å². The molecule has 2 N–H and O–H groups in total. The smallest absolute Gasteiger partial charge is 0.317 e. The van der Waals surface area contributed by atoms with Crippen molar-refractivity contribution >= 4 is 6.03 Å². The van der Waals surface area contributed by atoms with Crippen molar-refractivity contribution in [3.05, 3.63) is 0 Å². The van der Waals surface area contributed by atoms with E-state index in [4.69, 9.17) is 15.9 Å². The molecular formula is C13H24N2O4. The summed E-state index contributed by atoms with van der Waals surface area (Å²) in [4.78, 5) is 12.8. The highest BCUT2D eigenvalue weighted by Crippen LogP contribution is 1.93. The van der Waals surface area contributed by atoms with Crippen molar-refractivity contribution < 1.29 is 19.4 Å². The molecule has 1 atom stereocenters. The molecule has 0 aromatic rings. The molecule has 0 radical (unpaired) electrons. The van der Waals surface area contributed by atoms with Crippen molar-refractivity contribution in [3.63, 3.8) is 0 Å². The number of amides is 2. The second-order valence-corrected chi connectivity index (χ2v) is 4.39. The summed E-state index contributed by atoms with van der Waals surface area (Å²) in [5, 5.41) is 12.2.